The van der Waals surface area contributed by atoms with E-state index >= 15 is 0 Å². The summed E-state index contributed by atoms with van der Waals surface area (Å²) in [7, 11) is 0. The topological polar surface area (TPSA) is 29.1 Å². The van der Waals surface area contributed by atoms with E-state index < -0.39 is 0 Å². The van der Waals surface area contributed by atoms with Crippen LogP contribution in [0, 0.1) is 0 Å². The largest absolute Gasteiger partial charge is 0.355 e. The van der Waals surface area contributed by atoms with E-state index in [9.17, 15) is 4.79 Å². The van der Waals surface area contributed by atoms with E-state index in [0.717, 1.165) is 22.5 Å². The van der Waals surface area contributed by atoms with Crippen LogP contribution in [0.4, 0.5) is 5.69 Å². The lowest BCUT2D eigenvalue weighted by Gasteiger charge is -2.08. The predicted octanol–water partition coefficient (Wildman–Crippen LogP) is 3.99. The summed E-state index contributed by atoms with van der Waals surface area (Å²) >= 11 is 5.93. The van der Waals surface area contributed by atoms with Gasteiger partial charge in [-0.3, -0.25) is 4.79 Å². The van der Waals surface area contributed by atoms with Crippen molar-refractivity contribution >= 4 is 28.8 Å². The number of halogens is 1. The third-order valence-corrected chi connectivity index (χ3v) is 3.10. The van der Waals surface area contributed by atoms with Gasteiger partial charge < -0.3 is 5.32 Å². The second-order valence-corrected chi connectivity index (χ2v) is 4.54. The maximum atomic E-state index is 11.8. The number of rotatable bonds is 2. The molecule has 2 aromatic rings. The van der Waals surface area contributed by atoms with E-state index in [1.165, 1.54) is 0 Å². The number of carbonyl (C=O) groups is 1. The zero-order valence-corrected chi connectivity index (χ0v) is 10.2. The van der Waals surface area contributed by atoms with Crippen molar-refractivity contribution in [2.45, 2.75) is 0 Å². The molecule has 0 amide bonds. The van der Waals surface area contributed by atoms with Crippen molar-refractivity contribution in [2.75, 3.05) is 5.32 Å². The number of nitrogens with one attached hydrogen (secondary N) is 1. The molecule has 0 saturated carbocycles. The molecule has 1 aliphatic rings. The molecule has 3 heteroatoms. The number of fused-ring (bicyclic) bond motifs is 1. The van der Waals surface area contributed by atoms with Gasteiger partial charge in [0.1, 0.15) is 0 Å². The van der Waals surface area contributed by atoms with Crippen molar-refractivity contribution in [2.24, 2.45) is 0 Å². The van der Waals surface area contributed by atoms with Gasteiger partial charge in [-0.25, -0.2) is 0 Å². The molecule has 2 nitrogen and oxygen atoms in total. The Kier molecular flexibility index (Phi) is 2.65. The first-order valence-corrected chi connectivity index (χ1v) is 6.00. The minimum absolute atomic E-state index is 0.0372. The molecule has 0 fully saturated rings. The molecule has 0 bridgehead atoms. The lowest BCUT2D eigenvalue weighted by atomic mass is 10.1. The number of carbonyl (C=O) groups excluding carboxylic acids is 1. The van der Waals surface area contributed by atoms with Crippen LogP contribution in [0.15, 0.2) is 54.6 Å². The Labute approximate surface area is 110 Å². The highest BCUT2D eigenvalue weighted by molar-refractivity contribution is 6.30. The first-order valence-electron chi connectivity index (χ1n) is 5.62. The minimum Gasteiger partial charge on any atom is -0.355 e. The Morgan fingerprint density at radius 2 is 1.72 bits per heavy atom. The summed E-state index contributed by atoms with van der Waals surface area (Å²) in [4.78, 5) is 11.8. The molecular weight excluding hydrogens is 246 g/mol. The van der Waals surface area contributed by atoms with E-state index in [2.05, 4.69) is 5.32 Å². The normalized spacial score (nSPS) is 13.2. The second kappa shape index (κ2) is 4.31. The summed E-state index contributed by atoms with van der Waals surface area (Å²) in [6, 6.07) is 15.0. The number of anilines is 1. The van der Waals surface area contributed by atoms with Crippen LogP contribution in [0.2, 0.25) is 5.02 Å². The highest BCUT2D eigenvalue weighted by Crippen LogP contribution is 2.28. The standard InChI is InChI=1S/C15H10ClNO/c16-10-4-3-5-11(8-10)17-14-9-15(18)13-7-2-1-6-12(13)14/h1-9,17H. The Hall–Kier alpha value is -2.06. The van der Waals surface area contributed by atoms with E-state index in [1.807, 2.05) is 48.5 Å². The number of hydrogen-bond acceptors (Lipinski definition) is 2. The van der Waals surface area contributed by atoms with Crippen LogP contribution >= 0.6 is 11.6 Å². The van der Waals surface area contributed by atoms with Gasteiger partial charge in [0.25, 0.3) is 0 Å². The summed E-state index contributed by atoms with van der Waals surface area (Å²) in [5, 5.41) is 3.89. The van der Waals surface area contributed by atoms with Crippen molar-refractivity contribution in [3.05, 3.63) is 70.8 Å². The van der Waals surface area contributed by atoms with Gasteiger partial charge in [0.2, 0.25) is 0 Å². The number of hydrogen-bond donors (Lipinski definition) is 1. The summed E-state index contributed by atoms with van der Waals surface area (Å²) in [5.41, 5.74) is 3.36. The molecular formula is C15H10ClNO. The first kappa shape index (κ1) is 11.1. The Morgan fingerprint density at radius 3 is 2.50 bits per heavy atom. The van der Waals surface area contributed by atoms with Crippen LogP contribution in [0.3, 0.4) is 0 Å². The van der Waals surface area contributed by atoms with Gasteiger partial charge >= 0.3 is 0 Å². The Bertz CT molecular complexity index is 661. The molecule has 1 aliphatic carbocycles. The zero-order valence-electron chi connectivity index (χ0n) is 9.48. The number of ketones is 1. The van der Waals surface area contributed by atoms with Crippen LogP contribution < -0.4 is 5.32 Å². The number of benzene rings is 2. The molecule has 0 heterocycles. The Balaban J connectivity index is 1.96. The van der Waals surface area contributed by atoms with Crippen molar-refractivity contribution in [3.63, 3.8) is 0 Å². The average molecular weight is 256 g/mol. The van der Waals surface area contributed by atoms with Crippen LogP contribution in [0.25, 0.3) is 5.70 Å². The minimum atomic E-state index is 0.0372. The second-order valence-electron chi connectivity index (χ2n) is 4.10. The summed E-state index contributed by atoms with van der Waals surface area (Å²) in [6.07, 6.45) is 1.62. The third kappa shape index (κ3) is 1.91. The van der Waals surface area contributed by atoms with E-state index in [4.69, 9.17) is 11.6 Å². The van der Waals surface area contributed by atoms with Crippen LogP contribution in [-0.4, -0.2) is 5.78 Å². The van der Waals surface area contributed by atoms with Crippen LogP contribution in [0.5, 0.6) is 0 Å². The van der Waals surface area contributed by atoms with Crippen molar-refractivity contribution < 1.29 is 4.79 Å². The Morgan fingerprint density at radius 1 is 0.944 bits per heavy atom. The van der Waals surface area contributed by atoms with Gasteiger partial charge in [0.05, 0.1) is 5.70 Å². The lowest BCUT2D eigenvalue weighted by Crippen LogP contribution is -1.96. The average Bonchev–Trinajstić information content (AvgIpc) is 2.67. The molecule has 0 radical (unpaired) electrons. The fourth-order valence-electron chi connectivity index (χ4n) is 2.04. The van der Waals surface area contributed by atoms with Gasteiger partial charge in [-0.15, -0.1) is 0 Å². The van der Waals surface area contributed by atoms with Gasteiger partial charge in [0.15, 0.2) is 5.78 Å². The highest BCUT2D eigenvalue weighted by atomic mass is 35.5. The van der Waals surface area contributed by atoms with Crippen LogP contribution in [0.1, 0.15) is 15.9 Å². The van der Waals surface area contributed by atoms with Crippen molar-refractivity contribution in [3.8, 4) is 0 Å². The molecule has 0 saturated heterocycles. The van der Waals surface area contributed by atoms with Crippen LogP contribution in [-0.2, 0) is 0 Å². The molecule has 18 heavy (non-hydrogen) atoms. The molecule has 2 aromatic carbocycles. The molecule has 88 valence electrons. The van der Waals surface area contributed by atoms with E-state index in [-0.39, 0.29) is 5.78 Å². The van der Waals surface area contributed by atoms with Gasteiger partial charge in [0, 0.05) is 27.9 Å². The first-order chi connectivity index (χ1) is 8.74. The monoisotopic (exact) mass is 255 g/mol. The quantitative estimate of drug-likeness (QED) is 0.879. The summed E-state index contributed by atoms with van der Waals surface area (Å²) < 4.78 is 0. The molecule has 0 unspecified atom stereocenters. The maximum absolute atomic E-state index is 11.8. The third-order valence-electron chi connectivity index (χ3n) is 2.86. The van der Waals surface area contributed by atoms with E-state index in [1.54, 1.807) is 6.08 Å². The molecule has 1 N–H and O–H groups in total. The summed E-state index contributed by atoms with van der Waals surface area (Å²) in [6.45, 7) is 0. The predicted molar refractivity (Wildman–Crippen MR) is 73.8 cm³/mol. The molecule has 3 rings (SSSR count). The van der Waals surface area contributed by atoms with Crippen molar-refractivity contribution in [1.29, 1.82) is 0 Å². The fourth-order valence-corrected chi connectivity index (χ4v) is 2.23. The summed E-state index contributed by atoms with van der Waals surface area (Å²) in [5.74, 6) is 0.0372. The van der Waals surface area contributed by atoms with Gasteiger partial charge in [-0.2, -0.15) is 0 Å². The van der Waals surface area contributed by atoms with Gasteiger partial charge in [-0.1, -0.05) is 41.9 Å². The fraction of sp³-hybridized carbons (Fsp3) is 0. The number of allylic oxidation sites excluding steroid dienone is 1. The van der Waals surface area contributed by atoms with Crippen molar-refractivity contribution in [1.82, 2.24) is 0 Å². The highest BCUT2D eigenvalue weighted by Gasteiger charge is 2.20. The SMILES string of the molecule is O=C1C=C(Nc2cccc(Cl)c2)c2ccccc21. The zero-order chi connectivity index (χ0) is 12.5. The molecule has 0 aliphatic heterocycles. The molecule has 0 aromatic heterocycles. The smallest absolute Gasteiger partial charge is 0.188 e. The maximum Gasteiger partial charge on any atom is 0.188 e. The lowest BCUT2D eigenvalue weighted by molar-refractivity contribution is 0.105. The van der Waals surface area contributed by atoms with Gasteiger partial charge in [-0.05, 0) is 18.2 Å². The molecule has 0 atom stereocenters. The van der Waals surface area contributed by atoms with E-state index in [0.29, 0.717) is 5.02 Å². The molecule has 0 spiro atoms.